The van der Waals surface area contributed by atoms with Crippen molar-refractivity contribution in [3.8, 4) is 0 Å². The van der Waals surface area contributed by atoms with Gasteiger partial charge in [-0.25, -0.2) is 4.39 Å². The van der Waals surface area contributed by atoms with Crippen molar-refractivity contribution in [1.29, 1.82) is 0 Å². The topological polar surface area (TPSA) is 82.9 Å². The molecule has 28 heavy (non-hydrogen) atoms. The second-order valence-corrected chi connectivity index (χ2v) is 6.96. The number of anilines is 1. The van der Waals surface area contributed by atoms with E-state index in [-0.39, 0.29) is 18.0 Å². The van der Waals surface area contributed by atoms with E-state index in [2.05, 4.69) is 20.8 Å². The first-order valence-corrected chi connectivity index (χ1v) is 9.34. The van der Waals surface area contributed by atoms with Gasteiger partial charge in [0.05, 0.1) is 5.69 Å². The number of carbonyl (C=O) groups is 2. The summed E-state index contributed by atoms with van der Waals surface area (Å²) in [7, 11) is 0. The third-order valence-corrected chi connectivity index (χ3v) is 4.76. The number of nitrogens with zero attached hydrogens (tertiary/aromatic N) is 2. The molecule has 1 aliphatic rings. The van der Waals surface area contributed by atoms with Crippen molar-refractivity contribution in [2.24, 2.45) is 10.2 Å². The van der Waals surface area contributed by atoms with Crippen LogP contribution in [0.4, 0.5) is 10.1 Å². The summed E-state index contributed by atoms with van der Waals surface area (Å²) in [5.74, 6) is -1.31. The number of hydrogen-bond donors (Lipinski definition) is 2. The smallest absolute Gasteiger partial charge is 0.240 e. The summed E-state index contributed by atoms with van der Waals surface area (Å²) in [6, 6.07) is 15.6. The summed E-state index contributed by atoms with van der Waals surface area (Å²) < 4.78 is 13.6. The molecule has 1 heterocycles. The highest BCUT2D eigenvalue weighted by molar-refractivity contribution is 8.15. The number of benzene rings is 2. The van der Waals surface area contributed by atoms with E-state index in [0.717, 1.165) is 17.3 Å². The van der Waals surface area contributed by atoms with Crippen molar-refractivity contribution in [1.82, 2.24) is 5.32 Å². The second-order valence-electron chi connectivity index (χ2n) is 5.77. The number of allylic oxidation sites excluding steroid dienone is 1. The van der Waals surface area contributed by atoms with E-state index in [4.69, 9.17) is 0 Å². The fraction of sp³-hybridized carbons (Fsp3) is 0.100. The molecule has 1 saturated heterocycles. The molecule has 1 aliphatic heterocycles. The van der Waals surface area contributed by atoms with Gasteiger partial charge in [0, 0.05) is 12.6 Å². The number of rotatable bonds is 6. The van der Waals surface area contributed by atoms with E-state index in [1.807, 2.05) is 36.4 Å². The van der Waals surface area contributed by atoms with E-state index in [1.165, 1.54) is 24.4 Å². The van der Waals surface area contributed by atoms with Crippen LogP contribution in [0.3, 0.4) is 0 Å². The van der Waals surface area contributed by atoms with Crippen LogP contribution in [0, 0.1) is 5.82 Å². The molecular weight excluding hydrogens is 379 g/mol. The molecule has 3 rings (SSSR count). The Morgan fingerprint density at radius 1 is 1.18 bits per heavy atom. The molecule has 0 bridgehead atoms. The summed E-state index contributed by atoms with van der Waals surface area (Å²) in [6.07, 6.45) is 5.02. The van der Waals surface area contributed by atoms with Crippen LogP contribution in [0.25, 0.3) is 6.08 Å². The molecule has 0 aromatic heterocycles. The maximum atomic E-state index is 13.6. The van der Waals surface area contributed by atoms with Gasteiger partial charge in [-0.15, -0.1) is 5.10 Å². The van der Waals surface area contributed by atoms with E-state index < -0.39 is 17.0 Å². The van der Waals surface area contributed by atoms with Crippen LogP contribution < -0.4 is 10.6 Å². The van der Waals surface area contributed by atoms with Gasteiger partial charge in [0.1, 0.15) is 11.1 Å². The third-order valence-electron chi connectivity index (χ3n) is 3.68. The van der Waals surface area contributed by atoms with Crippen molar-refractivity contribution < 1.29 is 14.0 Å². The van der Waals surface area contributed by atoms with Crippen molar-refractivity contribution in [3.63, 3.8) is 0 Å². The van der Waals surface area contributed by atoms with Gasteiger partial charge in [0.15, 0.2) is 5.17 Å². The lowest BCUT2D eigenvalue weighted by atomic mass is 10.2. The first kappa shape index (κ1) is 19.5. The highest BCUT2D eigenvalue weighted by Gasteiger charge is 2.32. The summed E-state index contributed by atoms with van der Waals surface area (Å²) in [4.78, 5) is 24.0. The fourth-order valence-electron chi connectivity index (χ4n) is 2.36. The summed E-state index contributed by atoms with van der Waals surface area (Å²) in [6.45, 7) is 0. The van der Waals surface area contributed by atoms with Crippen LogP contribution in [-0.2, 0) is 9.59 Å². The quantitative estimate of drug-likeness (QED) is 0.580. The van der Waals surface area contributed by atoms with Crippen LogP contribution in [0.1, 0.15) is 12.0 Å². The van der Waals surface area contributed by atoms with Crippen LogP contribution in [0.15, 0.2) is 70.9 Å². The summed E-state index contributed by atoms with van der Waals surface area (Å²) in [5.41, 5.74) is 1.12. The molecular formula is C20H17FN4O2S. The molecule has 0 aliphatic carbocycles. The predicted molar refractivity (Wildman–Crippen MR) is 111 cm³/mol. The Morgan fingerprint density at radius 2 is 1.93 bits per heavy atom. The average Bonchev–Trinajstić information content (AvgIpc) is 3.03. The van der Waals surface area contributed by atoms with Crippen LogP contribution in [-0.4, -0.2) is 28.4 Å². The van der Waals surface area contributed by atoms with E-state index >= 15 is 0 Å². The minimum atomic E-state index is -0.638. The zero-order chi connectivity index (χ0) is 19.8. The Bertz CT molecular complexity index is 944. The lowest BCUT2D eigenvalue weighted by Gasteiger charge is -2.07. The summed E-state index contributed by atoms with van der Waals surface area (Å²) >= 11 is 1.11. The monoisotopic (exact) mass is 396 g/mol. The van der Waals surface area contributed by atoms with Crippen molar-refractivity contribution >= 4 is 46.7 Å². The standard InChI is InChI=1S/C20H17FN4O2S/c21-15-10-4-5-11-16(15)23-18(26)13-17-19(27)24-20(28-17)25-22-12-6-9-14-7-2-1-3-8-14/h1-12,17H,13H2,(H,23,26)(H,24,25,27). The number of hydrogen-bond acceptors (Lipinski definition) is 5. The molecule has 1 unspecified atom stereocenters. The predicted octanol–water partition coefficient (Wildman–Crippen LogP) is 3.44. The zero-order valence-corrected chi connectivity index (χ0v) is 15.5. The average molecular weight is 396 g/mol. The van der Waals surface area contributed by atoms with E-state index in [1.54, 1.807) is 12.1 Å². The number of para-hydroxylation sites is 1. The number of halogens is 1. The van der Waals surface area contributed by atoms with Gasteiger partial charge in [-0.05, 0) is 23.8 Å². The Labute approximate surface area is 165 Å². The number of amides is 2. The lowest BCUT2D eigenvalue weighted by Crippen LogP contribution is -2.28. The van der Waals surface area contributed by atoms with Crippen LogP contribution in [0.5, 0.6) is 0 Å². The van der Waals surface area contributed by atoms with Crippen LogP contribution in [0.2, 0.25) is 0 Å². The molecule has 2 amide bonds. The highest BCUT2D eigenvalue weighted by Crippen LogP contribution is 2.23. The maximum Gasteiger partial charge on any atom is 0.240 e. The van der Waals surface area contributed by atoms with Gasteiger partial charge < -0.3 is 10.6 Å². The minimum Gasteiger partial charge on any atom is -0.324 e. The molecule has 0 saturated carbocycles. The van der Waals surface area contributed by atoms with Gasteiger partial charge in [0.2, 0.25) is 11.8 Å². The van der Waals surface area contributed by atoms with Crippen LogP contribution >= 0.6 is 11.8 Å². The van der Waals surface area contributed by atoms with Crippen molar-refractivity contribution in [2.75, 3.05) is 5.32 Å². The summed E-state index contributed by atoms with van der Waals surface area (Å²) in [5, 5.41) is 12.5. The Kier molecular flexibility index (Phi) is 6.69. The molecule has 2 aromatic rings. The molecule has 0 radical (unpaired) electrons. The number of amidine groups is 1. The molecule has 6 nitrogen and oxygen atoms in total. The van der Waals surface area contributed by atoms with Gasteiger partial charge >= 0.3 is 0 Å². The lowest BCUT2D eigenvalue weighted by molar-refractivity contribution is -0.122. The molecule has 0 spiro atoms. The fourth-order valence-corrected chi connectivity index (χ4v) is 3.29. The van der Waals surface area contributed by atoms with Gasteiger partial charge in [0.25, 0.3) is 0 Å². The third kappa shape index (κ3) is 5.62. The first-order valence-electron chi connectivity index (χ1n) is 8.46. The van der Waals surface area contributed by atoms with Gasteiger partial charge in [-0.2, -0.15) is 5.10 Å². The van der Waals surface area contributed by atoms with E-state index in [9.17, 15) is 14.0 Å². The normalized spacial score (nSPS) is 18.1. The molecule has 2 N–H and O–H groups in total. The largest absolute Gasteiger partial charge is 0.324 e. The van der Waals surface area contributed by atoms with E-state index in [0.29, 0.717) is 5.17 Å². The second kappa shape index (κ2) is 9.61. The highest BCUT2D eigenvalue weighted by atomic mass is 32.2. The molecule has 1 atom stereocenters. The SMILES string of the molecule is O=C(CC1S/C(=N/N=CC=Cc2ccccc2)NC1=O)Nc1ccccc1F. The Morgan fingerprint density at radius 3 is 2.71 bits per heavy atom. The Hall–Kier alpha value is -3.26. The van der Waals surface area contributed by atoms with Crippen molar-refractivity contribution in [3.05, 3.63) is 72.1 Å². The first-order chi connectivity index (χ1) is 13.6. The number of carbonyl (C=O) groups excluding carboxylic acids is 2. The zero-order valence-electron chi connectivity index (χ0n) is 14.7. The maximum absolute atomic E-state index is 13.6. The Balaban J connectivity index is 1.51. The van der Waals surface area contributed by atoms with Crippen molar-refractivity contribution in [2.45, 2.75) is 11.7 Å². The molecule has 142 valence electrons. The minimum absolute atomic E-state index is 0.0830. The number of thioether (sulfide) groups is 1. The molecule has 8 heteroatoms. The molecule has 1 fully saturated rings. The van der Waals surface area contributed by atoms with Gasteiger partial charge in [-0.3, -0.25) is 9.59 Å². The molecule has 2 aromatic carbocycles. The van der Waals surface area contributed by atoms with Gasteiger partial charge in [-0.1, -0.05) is 60.3 Å². The number of nitrogens with one attached hydrogen (secondary N) is 2.